The van der Waals surface area contributed by atoms with E-state index in [9.17, 15) is 18.0 Å². The summed E-state index contributed by atoms with van der Waals surface area (Å²) in [6.07, 6.45) is -4.27. The fourth-order valence-electron chi connectivity index (χ4n) is 3.13. The van der Waals surface area contributed by atoms with Crippen LogP contribution in [0.2, 0.25) is 0 Å². The van der Waals surface area contributed by atoms with E-state index in [1.54, 1.807) is 11.3 Å². The molecule has 0 amide bonds. The molecule has 0 saturated heterocycles. The van der Waals surface area contributed by atoms with Gasteiger partial charge in [-0.05, 0) is 28.4 Å². The highest BCUT2D eigenvalue weighted by Crippen LogP contribution is 2.36. The third-order valence-electron chi connectivity index (χ3n) is 4.39. The van der Waals surface area contributed by atoms with Gasteiger partial charge < -0.3 is 4.98 Å². The average Bonchev–Trinajstić information content (AvgIpc) is 2.90. The van der Waals surface area contributed by atoms with Gasteiger partial charge in [0.1, 0.15) is 0 Å². The maximum atomic E-state index is 12.9. The summed E-state index contributed by atoms with van der Waals surface area (Å²) in [6, 6.07) is 8.01. The van der Waals surface area contributed by atoms with Crippen molar-refractivity contribution in [1.82, 2.24) is 14.9 Å². The monoisotopic (exact) mass is 443 g/mol. The zero-order valence-electron chi connectivity index (χ0n) is 13.4. The Hall–Kier alpha value is -1.71. The minimum atomic E-state index is -4.66. The van der Waals surface area contributed by atoms with Crippen molar-refractivity contribution >= 4 is 37.4 Å². The van der Waals surface area contributed by atoms with Gasteiger partial charge in [0.05, 0.1) is 5.69 Å². The maximum Gasteiger partial charge on any atom is 0.449 e. The second-order valence-electron chi connectivity index (χ2n) is 6.13. The Kier molecular flexibility index (Phi) is 4.40. The van der Waals surface area contributed by atoms with Gasteiger partial charge in [-0.1, -0.05) is 18.2 Å². The van der Waals surface area contributed by atoms with Crippen LogP contribution in [0.25, 0.3) is 10.1 Å². The van der Waals surface area contributed by atoms with E-state index in [0.717, 1.165) is 19.4 Å². The third kappa shape index (κ3) is 3.19. The number of halogens is 4. The Bertz CT molecular complexity index is 1040. The molecule has 0 atom stereocenters. The first-order valence-electron chi connectivity index (χ1n) is 7.90. The third-order valence-corrected chi connectivity index (χ3v) is 6.71. The molecule has 1 aromatic carbocycles. The van der Waals surface area contributed by atoms with Crippen LogP contribution in [-0.2, 0) is 25.7 Å². The number of hydrogen-bond donors (Lipinski definition) is 1. The topological polar surface area (TPSA) is 49.0 Å². The number of aromatic nitrogens is 2. The van der Waals surface area contributed by atoms with E-state index in [1.807, 2.05) is 34.1 Å². The Morgan fingerprint density at radius 2 is 2.08 bits per heavy atom. The van der Waals surface area contributed by atoms with E-state index in [2.05, 4.69) is 20.9 Å². The number of H-pyrrole nitrogens is 1. The number of fused-ring (bicyclic) bond motifs is 2. The fraction of sp³-hybridized carbons (Fsp3) is 0.294. The van der Waals surface area contributed by atoms with Crippen molar-refractivity contribution in [3.8, 4) is 0 Å². The molecule has 3 aromatic rings. The van der Waals surface area contributed by atoms with Crippen LogP contribution in [0.3, 0.4) is 0 Å². The molecule has 0 spiro atoms. The van der Waals surface area contributed by atoms with Crippen LogP contribution in [0.5, 0.6) is 0 Å². The number of thiophene rings is 1. The summed E-state index contributed by atoms with van der Waals surface area (Å²) in [5, 5.41) is 1.12. The number of aromatic amines is 1. The second kappa shape index (κ2) is 6.47. The minimum Gasteiger partial charge on any atom is -0.303 e. The molecule has 2 aromatic heterocycles. The lowest BCUT2D eigenvalue weighted by molar-refractivity contribution is -0.145. The van der Waals surface area contributed by atoms with E-state index in [1.165, 1.54) is 0 Å². The molecule has 9 heteroatoms. The number of rotatable bonds is 2. The second-order valence-corrected chi connectivity index (χ2v) is 8.06. The number of hydrogen-bond acceptors (Lipinski definition) is 4. The summed E-state index contributed by atoms with van der Waals surface area (Å²) >= 11 is 5.28. The van der Waals surface area contributed by atoms with E-state index in [4.69, 9.17) is 0 Å². The zero-order chi connectivity index (χ0) is 18.5. The molecule has 0 radical (unpaired) electrons. The van der Waals surface area contributed by atoms with Crippen molar-refractivity contribution in [2.75, 3.05) is 6.54 Å². The van der Waals surface area contributed by atoms with Crippen molar-refractivity contribution in [2.24, 2.45) is 0 Å². The van der Waals surface area contributed by atoms with Crippen molar-refractivity contribution in [3.05, 3.63) is 61.1 Å². The Balaban J connectivity index is 1.63. The standard InChI is InChI=1S/C17H13BrF3N3OS/c18-14-10-3-1-2-4-12(10)26-13(14)8-24-6-5-9-11(7-24)22-16(17(19,20)21)23-15(9)25/h1-4H,5-8H2,(H,22,23,25). The lowest BCUT2D eigenvalue weighted by Crippen LogP contribution is -2.36. The molecule has 0 aliphatic carbocycles. The number of benzene rings is 1. The molecule has 1 N–H and O–H groups in total. The zero-order valence-corrected chi connectivity index (χ0v) is 15.8. The smallest absolute Gasteiger partial charge is 0.303 e. The molecule has 0 fully saturated rings. The van der Waals surface area contributed by atoms with Crippen molar-refractivity contribution in [1.29, 1.82) is 0 Å². The first-order valence-corrected chi connectivity index (χ1v) is 9.51. The van der Waals surface area contributed by atoms with E-state index >= 15 is 0 Å². The van der Waals surface area contributed by atoms with Crippen molar-refractivity contribution < 1.29 is 13.2 Å². The first kappa shape index (κ1) is 17.7. The van der Waals surface area contributed by atoms with Crippen molar-refractivity contribution in [2.45, 2.75) is 25.7 Å². The predicted octanol–water partition coefficient (Wildman–Crippen LogP) is 4.32. The average molecular weight is 444 g/mol. The van der Waals surface area contributed by atoms with Crippen molar-refractivity contribution in [3.63, 3.8) is 0 Å². The molecular weight excluding hydrogens is 431 g/mol. The SMILES string of the molecule is O=c1[nH]c(C(F)(F)F)nc2c1CCN(Cc1sc3ccccc3c1Br)C2. The molecule has 1 aliphatic heterocycles. The molecule has 3 heterocycles. The molecule has 0 saturated carbocycles. The van der Waals surface area contributed by atoms with Crippen LogP contribution in [0.15, 0.2) is 33.5 Å². The van der Waals surface area contributed by atoms with Crippen LogP contribution in [0.1, 0.15) is 22.0 Å². The summed E-state index contributed by atoms with van der Waals surface area (Å²) in [7, 11) is 0. The van der Waals surface area contributed by atoms with Crippen LogP contribution in [0, 0.1) is 0 Å². The lowest BCUT2D eigenvalue weighted by Gasteiger charge is -2.27. The molecule has 136 valence electrons. The van der Waals surface area contributed by atoms with Gasteiger partial charge in [-0.3, -0.25) is 9.69 Å². The number of nitrogens with one attached hydrogen (secondary N) is 1. The predicted molar refractivity (Wildman–Crippen MR) is 97.2 cm³/mol. The maximum absolute atomic E-state index is 12.9. The van der Waals surface area contributed by atoms with Gasteiger partial charge in [0.25, 0.3) is 5.56 Å². The largest absolute Gasteiger partial charge is 0.449 e. The fourth-order valence-corrected chi connectivity index (χ4v) is 5.12. The molecule has 0 unspecified atom stereocenters. The van der Waals surface area contributed by atoms with Crippen LogP contribution < -0.4 is 5.56 Å². The highest BCUT2D eigenvalue weighted by molar-refractivity contribution is 9.10. The summed E-state index contributed by atoms with van der Waals surface area (Å²) in [6.45, 7) is 1.42. The molecule has 26 heavy (non-hydrogen) atoms. The molecule has 1 aliphatic rings. The lowest BCUT2D eigenvalue weighted by atomic mass is 10.1. The van der Waals surface area contributed by atoms with Crippen LogP contribution in [0.4, 0.5) is 13.2 Å². The molecule has 4 nitrogen and oxygen atoms in total. The van der Waals surface area contributed by atoms with E-state index < -0.39 is 17.6 Å². The van der Waals surface area contributed by atoms with Gasteiger partial charge in [0.2, 0.25) is 5.82 Å². The Morgan fingerprint density at radius 3 is 2.81 bits per heavy atom. The number of nitrogens with zero attached hydrogens (tertiary/aromatic N) is 2. The van der Waals surface area contributed by atoms with Gasteiger partial charge in [0, 0.05) is 44.6 Å². The van der Waals surface area contributed by atoms with E-state index in [0.29, 0.717) is 25.1 Å². The van der Waals surface area contributed by atoms with Gasteiger partial charge >= 0.3 is 6.18 Å². The normalized spacial score (nSPS) is 15.4. The van der Waals surface area contributed by atoms with Gasteiger partial charge in [0.15, 0.2) is 0 Å². The van der Waals surface area contributed by atoms with Crippen LogP contribution in [-0.4, -0.2) is 21.4 Å². The molecule has 0 bridgehead atoms. The number of alkyl halides is 3. The molecule has 4 rings (SSSR count). The Labute approximate surface area is 158 Å². The van der Waals surface area contributed by atoms with Gasteiger partial charge in [-0.2, -0.15) is 13.2 Å². The van der Waals surface area contributed by atoms with Crippen LogP contribution >= 0.6 is 27.3 Å². The Morgan fingerprint density at radius 1 is 1.31 bits per heavy atom. The van der Waals surface area contributed by atoms with Gasteiger partial charge in [-0.15, -0.1) is 11.3 Å². The summed E-state index contributed by atoms with van der Waals surface area (Å²) < 4.78 is 40.9. The quantitative estimate of drug-likeness (QED) is 0.641. The van der Waals surface area contributed by atoms with Gasteiger partial charge in [-0.25, -0.2) is 4.98 Å². The summed E-state index contributed by atoms with van der Waals surface area (Å²) in [5.74, 6) is -1.23. The highest BCUT2D eigenvalue weighted by Gasteiger charge is 2.36. The molecular formula is C17H13BrF3N3OS. The summed E-state index contributed by atoms with van der Waals surface area (Å²) in [5.41, 5.74) is -0.126. The van der Waals surface area contributed by atoms with E-state index in [-0.39, 0.29) is 12.2 Å². The highest BCUT2D eigenvalue weighted by atomic mass is 79.9. The summed E-state index contributed by atoms with van der Waals surface area (Å²) in [4.78, 5) is 20.6. The first-order chi connectivity index (χ1) is 12.3. The minimum absolute atomic E-state index is 0.213.